The van der Waals surface area contributed by atoms with Crippen LogP contribution in [0.3, 0.4) is 0 Å². The van der Waals surface area contributed by atoms with Crippen LogP contribution in [0.2, 0.25) is 4.34 Å². The first-order chi connectivity index (χ1) is 9.56. The van der Waals surface area contributed by atoms with Crippen LogP contribution in [0.4, 0.5) is 5.69 Å². The molecule has 1 heterocycles. The molecular formula is C15H17BrClNOS. The van der Waals surface area contributed by atoms with Gasteiger partial charge in [-0.1, -0.05) is 37.6 Å². The molecule has 0 unspecified atom stereocenters. The van der Waals surface area contributed by atoms with Crippen molar-refractivity contribution < 1.29 is 4.74 Å². The number of hydrogen-bond acceptors (Lipinski definition) is 3. The second-order valence-electron chi connectivity index (χ2n) is 4.89. The monoisotopic (exact) mass is 373 g/mol. The van der Waals surface area contributed by atoms with E-state index in [2.05, 4.69) is 35.1 Å². The minimum atomic E-state index is 0.509. The number of benzene rings is 1. The lowest BCUT2D eigenvalue weighted by Gasteiger charge is -2.14. The molecule has 5 heteroatoms. The largest absolute Gasteiger partial charge is 0.491 e. The van der Waals surface area contributed by atoms with Crippen molar-refractivity contribution in [2.75, 3.05) is 11.9 Å². The molecule has 0 saturated heterocycles. The number of ether oxygens (including phenoxy) is 1. The molecule has 108 valence electrons. The van der Waals surface area contributed by atoms with Crippen LogP contribution in [0.1, 0.15) is 18.7 Å². The first kappa shape index (κ1) is 15.7. The van der Waals surface area contributed by atoms with Crippen LogP contribution in [-0.2, 0) is 6.54 Å². The van der Waals surface area contributed by atoms with Crippen molar-refractivity contribution in [3.05, 3.63) is 44.0 Å². The van der Waals surface area contributed by atoms with E-state index < -0.39 is 0 Å². The third kappa shape index (κ3) is 4.40. The minimum absolute atomic E-state index is 0.509. The molecule has 0 aliphatic rings. The first-order valence-electron chi connectivity index (χ1n) is 6.45. The standard InChI is InChI=1S/C15H17BrClNOS/c1-10(2)9-19-14-6-4-3-5-13(14)18-8-11-7-12(16)15(17)20-11/h3-7,10,18H,8-9H2,1-2H3. The van der Waals surface area contributed by atoms with Gasteiger partial charge < -0.3 is 10.1 Å². The first-order valence-corrected chi connectivity index (χ1v) is 8.44. The van der Waals surface area contributed by atoms with Crippen molar-refractivity contribution in [2.24, 2.45) is 5.92 Å². The predicted octanol–water partition coefficient (Wildman–Crippen LogP) is 5.81. The van der Waals surface area contributed by atoms with Gasteiger partial charge in [-0.3, -0.25) is 0 Å². The molecule has 2 aromatic rings. The summed E-state index contributed by atoms with van der Waals surface area (Å²) in [5.41, 5.74) is 1.01. The molecule has 1 aromatic carbocycles. The molecule has 0 spiro atoms. The molecule has 0 atom stereocenters. The fourth-order valence-corrected chi connectivity index (χ4v) is 3.39. The van der Waals surface area contributed by atoms with Gasteiger partial charge in [-0.25, -0.2) is 0 Å². The van der Waals surface area contributed by atoms with Crippen LogP contribution in [0.5, 0.6) is 5.75 Å². The summed E-state index contributed by atoms with van der Waals surface area (Å²) in [6.07, 6.45) is 0. The second kappa shape index (κ2) is 7.34. The SMILES string of the molecule is CC(C)COc1ccccc1NCc1cc(Br)c(Cl)s1. The highest BCUT2D eigenvalue weighted by Gasteiger charge is 2.07. The summed E-state index contributed by atoms with van der Waals surface area (Å²) in [5, 5.41) is 3.40. The Hall–Kier alpha value is -0.710. The maximum absolute atomic E-state index is 6.05. The topological polar surface area (TPSA) is 21.3 Å². The zero-order valence-corrected chi connectivity index (χ0v) is 14.6. The Morgan fingerprint density at radius 3 is 2.75 bits per heavy atom. The van der Waals surface area contributed by atoms with E-state index in [1.807, 2.05) is 30.3 Å². The molecule has 1 N–H and O–H groups in total. The van der Waals surface area contributed by atoms with Gasteiger partial charge in [0.2, 0.25) is 0 Å². The second-order valence-corrected chi connectivity index (χ2v) is 7.48. The van der Waals surface area contributed by atoms with Crippen LogP contribution < -0.4 is 10.1 Å². The molecule has 0 aliphatic heterocycles. The van der Waals surface area contributed by atoms with Gasteiger partial charge in [0.1, 0.15) is 10.1 Å². The fraction of sp³-hybridized carbons (Fsp3) is 0.333. The fourth-order valence-electron chi connectivity index (χ4n) is 1.66. The molecule has 0 bridgehead atoms. The summed E-state index contributed by atoms with van der Waals surface area (Å²) in [5.74, 6) is 1.40. The molecule has 0 aliphatic carbocycles. The van der Waals surface area contributed by atoms with E-state index in [0.717, 1.165) is 33.4 Å². The number of hydrogen-bond donors (Lipinski definition) is 1. The third-order valence-electron chi connectivity index (χ3n) is 2.61. The van der Waals surface area contributed by atoms with E-state index in [9.17, 15) is 0 Å². The van der Waals surface area contributed by atoms with Gasteiger partial charge in [0.05, 0.1) is 12.3 Å². The van der Waals surface area contributed by atoms with Crippen molar-refractivity contribution in [3.63, 3.8) is 0 Å². The molecule has 0 amide bonds. The molecule has 0 fully saturated rings. The van der Waals surface area contributed by atoms with Crippen LogP contribution in [0.25, 0.3) is 0 Å². The molecule has 2 nitrogen and oxygen atoms in total. The van der Waals surface area contributed by atoms with E-state index in [-0.39, 0.29) is 0 Å². The summed E-state index contributed by atoms with van der Waals surface area (Å²) in [4.78, 5) is 1.18. The zero-order chi connectivity index (χ0) is 14.5. The number of thiophene rings is 1. The van der Waals surface area contributed by atoms with Crippen LogP contribution in [-0.4, -0.2) is 6.61 Å². The average molecular weight is 375 g/mol. The Bertz CT molecular complexity index is 551. The van der Waals surface area contributed by atoms with Crippen LogP contribution in [0.15, 0.2) is 34.8 Å². The van der Waals surface area contributed by atoms with E-state index in [1.165, 1.54) is 4.88 Å². The van der Waals surface area contributed by atoms with Gasteiger partial charge in [-0.05, 0) is 40.0 Å². The number of halogens is 2. The average Bonchev–Trinajstić information content (AvgIpc) is 2.74. The minimum Gasteiger partial charge on any atom is -0.491 e. The van der Waals surface area contributed by atoms with Crippen molar-refractivity contribution in [3.8, 4) is 5.75 Å². The summed E-state index contributed by atoms with van der Waals surface area (Å²) in [6.45, 7) is 5.73. The molecule has 0 saturated carbocycles. The summed E-state index contributed by atoms with van der Waals surface area (Å²) in [6, 6.07) is 10.0. The Labute approximate surface area is 137 Å². The van der Waals surface area contributed by atoms with Gasteiger partial charge in [0, 0.05) is 15.9 Å². The van der Waals surface area contributed by atoms with Gasteiger partial charge in [-0.2, -0.15) is 0 Å². The van der Waals surface area contributed by atoms with Crippen LogP contribution >= 0.6 is 38.9 Å². The summed E-state index contributed by atoms with van der Waals surface area (Å²) >= 11 is 11.0. The predicted molar refractivity (Wildman–Crippen MR) is 91.1 cm³/mol. The molecule has 20 heavy (non-hydrogen) atoms. The van der Waals surface area contributed by atoms with Gasteiger partial charge in [0.15, 0.2) is 0 Å². The molecule has 0 radical (unpaired) electrons. The smallest absolute Gasteiger partial charge is 0.142 e. The Kier molecular flexibility index (Phi) is 5.75. The zero-order valence-electron chi connectivity index (χ0n) is 11.5. The Balaban J connectivity index is 2.01. The van der Waals surface area contributed by atoms with Crippen molar-refractivity contribution >= 4 is 44.6 Å². The highest BCUT2D eigenvalue weighted by Crippen LogP contribution is 2.33. The number of nitrogens with one attached hydrogen (secondary N) is 1. The third-order valence-corrected chi connectivity index (χ3v) is 5.08. The van der Waals surface area contributed by atoms with Gasteiger partial charge >= 0.3 is 0 Å². The van der Waals surface area contributed by atoms with E-state index >= 15 is 0 Å². The number of anilines is 1. The normalized spacial score (nSPS) is 10.8. The molecular weight excluding hydrogens is 358 g/mol. The van der Waals surface area contributed by atoms with Crippen molar-refractivity contribution in [1.29, 1.82) is 0 Å². The van der Waals surface area contributed by atoms with Crippen molar-refractivity contribution in [2.45, 2.75) is 20.4 Å². The van der Waals surface area contributed by atoms with E-state index in [1.54, 1.807) is 11.3 Å². The lowest BCUT2D eigenvalue weighted by Crippen LogP contribution is -2.07. The van der Waals surface area contributed by atoms with E-state index in [0.29, 0.717) is 5.92 Å². The maximum Gasteiger partial charge on any atom is 0.142 e. The summed E-state index contributed by atoms with van der Waals surface area (Å²) < 4.78 is 7.55. The Morgan fingerprint density at radius 1 is 1.35 bits per heavy atom. The van der Waals surface area contributed by atoms with Gasteiger partial charge in [-0.15, -0.1) is 11.3 Å². The highest BCUT2D eigenvalue weighted by atomic mass is 79.9. The number of para-hydroxylation sites is 2. The number of rotatable bonds is 6. The Morgan fingerprint density at radius 2 is 2.10 bits per heavy atom. The van der Waals surface area contributed by atoms with E-state index in [4.69, 9.17) is 16.3 Å². The van der Waals surface area contributed by atoms with Gasteiger partial charge in [0.25, 0.3) is 0 Å². The maximum atomic E-state index is 6.05. The lowest BCUT2D eigenvalue weighted by atomic mass is 10.2. The molecule has 1 aromatic heterocycles. The lowest BCUT2D eigenvalue weighted by molar-refractivity contribution is 0.272. The molecule has 2 rings (SSSR count). The quantitative estimate of drug-likeness (QED) is 0.688. The summed E-state index contributed by atoms with van der Waals surface area (Å²) in [7, 11) is 0. The van der Waals surface area contributed by atoms with Crippen LogP contribution in [0, 0.1) is 5.92 Å². The highest BCUT2D eigenvalue weighted by molar-refractivity contribution is 9.10. The van der Waals surface area contributed by atoms with Crippen molar-refractivity contribution in [1.82, 2.24) is 0 Å².